The van der Waals surface area contributed by atoms with Crippen molar-refractivity contribution in [3.05, 3.63) is 23.9 Å². The number of rotatable bonds is 4. The molecule has 2 heterocycles. The highest BCUT2D eigenvalue weighted by atomic mass is 16.6. The first-order valence-corrected chi connectivity index (χ1v) is 9.03. The topological polar surface area (TPSA) is 54.5 Å². The molecule has 0 saturated carbocycles. The predicted octanol–water partition coefficient (Wildman–Crippen LogP) is 4.44. The normalized spacial score (nSPS) is 19.6. The molecule has 0 radical (unpaired) electrons. The van der Waals surface area contributed by atoms with E-state index in [2.05, 4.69) is 23.3 Å². The SMILES string of the molecule is CC[C@H](C)N(C(=O)OC(C)(C)C)c1ccc([C@H]2CCCCN2)cn1. The van der Waals surface area contributed by atoms with E-state index in [1.807, 2.05) is 40.0 Å². The Hall–Kier alpha value is -1.62. The molecule has 0 spiro atoms. The molecule has 2 atom stereocenters. The molecule has 134 valence electrons. The van der Waals surface area contributed by atoms with Crippen LogP contribution in [-0.4, -0.2) is 29.3 Å². The smallest absolute Gasteiger partial charge is 0.416 e. The summed E-state index contributed by atoms with van der Waals surface area (Å²) >= 11 is 0. The maximum absolute atomic E-state index is 12.6. The molecule has 1 saturated heterocycles. The first-order chi connectivity index (χ1) is 11.3. The van der Waals surface area contributed by atoms with E-state index in [4.69, 9.17) is 4.74 Å². The number of hydrogen-bond donors (Lipinski definition) is 1. The lowest BCUT2D eigenvalue weighted by molar-refractivity contribution is 0.0566. The van der Waals surface area contributed by atoms with Crippen LogP contribution in [0, 0.1) is 0 Å². The Labute approximate surface area is 145 Å². The molecule has 1 fully saturated rings. The van der Waals surface area contributed by atoms with Crippen LogP contribution < -0.4 is 10.2 Å². The summed E-state index contributed by atoms with van der Waals surface area (Å²) in [5, 5.41) is 3.53. The molecule has 0 aliphatic carbocycles. The quantitative estimate of drug-likeness (QED) is 0.885. The zero-order valence-electron chi connectivity index (χ0n) is 15.6. The molecule has 5 heteroatoms. The molecule has 1 amide bonds. The molecule has 1 aliphatic heterocycles. The number of nitrogens with zero attached hydrogens (tertiary/aromatic N) is 2. The van der Waals surface area contributed by atoms with Crippen molar-refractivity contribution in [3.63, 3.8) is 0 Å². The van der Waals surface area contributed by atoms with E-state index in [9.17, 15) is 4.79 Å². The maximum Gasteiger partial charge on any atom is 0.416 e. The van der Waals surface area contributed by atoms with E-state index in [0.717, 1.165) is 19.4 Å². The highest BCUT2D eigenvalue weighted by molar-refractivity contribution is 5.87. The molecular weight excluding hydrogens is 302 g/mol. The Morgan fingerprint density at radius 3 is 2.67 bits per heavy atom. The predicted molar refractivity (Wildman–Crippen MR) is 97.3 cm³/mol. The van der Waals surface area contributed by atoms with E-state index in [-0.39, 0.29) is 12.1 Å². The third kappa shape index (κ3) is 4.94. The van der Waals surface area contributed by atoms with Gasteiger partial charge >= 0.3 is 6.09 Å². The van der Waals surface area contributed by atoms with E-state index < -0.39 is 5.60 Å². The van der Waals surface area contributed by atoms with Gasteiger partial charge < -0.3 is 10.1 Å². The van der Waals surface area contributed by atoms with Crippen LogP contribution >= 0.6 is 0 Å². The van der Waals surface area contributed by atoms with E-state index in [0.29, 0.717) is 11.9 Å². The average molecular weight is 333 g/mol. The van der Waals surface area contributed by atoms with Gasteiger partial charge in [-0.05, 0) is 65.1 Å². The maximum atomic E-state index is 12.6. The van der Waals surface area contributed by atoms with Gasteiger partial charge in [-0.1, -0.05) is 19.4 Å². The summed E-state index contributed by atoms with van der Waals surface area (Å²) in [5.74, 6) is 0.651. The lowest BCUT2D eigenvalue weighted by atomic mass is 9.99. The number of anilines is 1. The van der Waals surface area contributed by atoms with Crippen LogP contribution in [0.4, 0.5) is 10.6 Å². The monoisotopic (exact) mass is 333 g/mol. The van der Waals surface area contributed by atoms with Gasteiger partial charge in [0.15, 0.2) is 0 Å². The van der Waals surface area contributed by atoms with E-state index in [1.165, 1.54) is 18.4 Å². The third-order valence-electron chi connectivity index (χ3n) is 4.35. The summed E-state index contributed by atoms with van der Waals surface area (Å²) in [6.07, 6.45) is 6.01. The Morgan fingerprint density at radius 1 is 1.42 bits per heavy atom. The van der Waals surface area contributed by atoms with E-state index in [1.54, 1.807) is 4.90 Å². The summed E-state index contributed by atoms with van der Waals surface area (Å²) in [6, 6.07) is 4.41. The fraction of sp³-hybridized carbons (Fsp3) is 0.684. The van der Waals surface area contributed by atoms with Crippen molar-refractivity contribution in [1.29, 1.82) is 0 Å². The van der Waals surface area contributed by atoms with Crippen molar-refractivity contribution in [1.82, 2.24) is 10.3 Å². The minimum absolute atomic E-state index is 0.0333. The van der Waals surface area contributed by atoms with Crippen molar-refractivity contribution in [2.75, 3.05) is 11.4 Å². The fourth-order valence-corrected chi connectivity index (χ4v) is 2.88. The van der Waals surface area contributed by atoms with Crippen molar-refractivity contribution >= 4 is 11.9 Å². The summed E-state index contributed by atoms with van der Waals surface area (Å²) in [6.45, 7) is 10.8. The van der Waals surface area contributed by atoms with Gasteiger partial charge in [-0.2, -0.15) is 0 Å². The molecule has 5 nitrogen and oxygen atoms in total. The van der Waals surface area contributed by atoms with Crippen LogP contribution in [-0.2, 0) is 4.74 Å². The van der Waals surface area contributed by atoms with Gasteiger partial charge in [0.2, 0.25) is 0 Å². The highest BCUT2D eigenvalue weighted by Crippen LogP contribution is 2.25. The summed E-state index contributed by atoms with van der Waals surface area (Å²) in [5.41, 5.74) is 0.668. The van der Waals surface area contributed by atoms with Gasteiger partial charge in [0.25, 0.3) is 0 Å². The lowest BCUT2D eigenvalue weighted by Gasteiger charge is -2.31. The van der Waals surface area contributed by atoms with Crippen LogP contribution in [0.25, 0.3) is 0 Å². The van der Waals surface area contributed by atoms with Gasteiger partial charge in [0.05, 0.1) is 0 Å². The second-order valence-electron chi connectivity index (χ2n) is 7.56. The Morgan fingerprint density at radius 2 is 2.17 bits per heavy atom. The largest absolute Gasteiger partial charge is 0.443 e. The number of aromatic nitrogens is 1. The first-order valence-electron chi connectivity index (χ1n) is 9.03. The molecule has 2 rings (SSSR count). The summed E-state index contributed by atoms with van der Waals surface area (Å²) in [4.78, 5) is 18.8. The molecule has 0 bridgehead atoms. The lowest BCUT2D eigenvalue weighted by Crippen LogP contribution is -2.42. The van der Waals surface area contributed by atoms with Crippen LogP contribution in [0.3, 0.4) is 0 Å². The number of nitrogens with one attached hydrogen (secondary N) is 1. The molecule has 24 heavy (non-hydrogen) atoms. The van der Waals surface area contributed by atoms with Crippen LogP contribution in [0.1, 0.15) is 71.9 Å². The number of carbonyl (C=O) groups excluding carboxylic acids is 1. The molecule has 0 aromatic carbocycles. The van der Waals surface area contributed by atoms with Gasteiger partial charge in [0.1, 0.15) is 11.4 Å². The minimum atomic E-state index is -0.519. The third-order valence-corrected chi connectivity index (χ3v) is 4.35. The molecule has 1 N–H and O–H groups in total. The number of piperidine rings is 1. The highest BCUT2D eigenvalue weighted by Gasteiger charge is 2.27. The van der Waals surface area contributed by atoms with Crippen molar-refractivity contribution in [2.24, 2.45) is 0 Å². The first kappa shape index (κ1) is 18.7. The van der Waals surface area contributed by atoms with Crippen LogP contribution in [0.15, 0.2) is 18.3 Å². The molecule has 0 unspecified atom stereocenters. The van der Waals surface area contributed by atoms with Crippen molar-refractivity contribution in [2.45, 2.75) is 78.0 Å². The average Bonchev–Trinajstić information content (AvgIpc) is 2.54. The van der Waals surface area contributed by atoms with Crippen molar-refractivity contribution in [3.8, 4) is 0 Å². The van der Waals surface area contributed by atoms with Gasteiger partial charge in [-0.3, -0.25) is 4.90 Å². The number of hydrogen-bond acceptors (Lipinski definition) is 4. The number of pyridine rings is 1. The standard InChI is InChI=1S/C19H31N3O2/c1-6-14(2)22(18(23)24-19(3,4)5)17-11-10-15(13-21-17)16-9-7-8-12-20-16/h10-11,13-14,16,20H,6-9,12H2,1-5H3/t14-,16+/m0/s1. The number of ether oxygens (including phenoxy) is 1. The number of carbonyl (C=O) groups is 1. The van der Waals surface area contributed by atoms with Crippen LogP contribution in [0.5, 0.6) is 0 Å². The van der Waals surface area contributed by atoms with Gasteiger partial charge in [-0.15, -0.1) is 0 Å². The number of amides is 1. The van der Waals surface area contributed by atoms with E-state index >= 15 is 0 Å². The molecular formula is C19H31N3O2. The molecule has 1 aliphatic rings. The van der Waals surface area contributed by atoms with Gasteiger partial charge in [-0.25, -0.2) is 9.78 Å². The Bertz CT molecular complexity index is 531. The fourth-order valence-electron chi connectivity index (χ4n) is 2.88. The summed E-state index contributed by atoms with van der Waals surface area (Å²) in [7, 11) is 0. The second-order valence-corrected chi connectivity index (χ2v) is 7.56. The van der Waals surface area contributed by atoms with Gasteiger partial charge in [0, 0.05) is 18.3 Å². The minimum Gasteiger partial charge on any atom is -0.443 e. The summed E-state index contributed by atoms with van der Waals surface area (Å²) < 4.78 is 5.56. The zero-order chi connectivity index (χ0) is 17.7. The molecule has 1 aromatic heterocycles. The Kier molecular flexibility index (Phi) is 6.21. The van der Waals surface area contributed by atoms with Crippen molar-refractivity contribution < 1.29 is 9.53 Å². The zero-order valence-corrected chi connectivity index (χ0v) is 15.6. The molecule has 1 aromatic rings. The van der Waals surface area contributed by atoms with Crippen LogP contribution in [0.2, 0.25) is 0 Å². The Balaban J connectivity index is 2.18. The second kappa shape index (κ2) is 7.97.